The van der Waals surface area contributed by atoms with Crippen LogP contribution in [0.25, 0.3) is 0 Å². The molecule has 1 N–H and O–H groups in total. The molecule has 0 unspecified atom stereocenters. The Labute approximate surface area is 33.3 Å². The molecule has 1 aromatic rings. The number of rotatable bonds is 0. The Morgan fingerprint density at radius 2 is 2.17 bits per heavy atom. The Kier molecular flexibility index (Phi) is 0.616. The van der Waals surface area contributed by atoms with Crippen LogP contribution in [0.15, 0.2) is 13.2 Å². The van der Waals surface area contributed by atoms with Crippen molar-refractivity contribution in [2.45, 2.75) is 0 Å². The van der Waals surface area contributed by atoms with Gasteiger partial charge in [-0.15, -0.1) is 0 Å². The predicted molar refractivity (Wildman–Crippen MR) is 17.6 cm³/mol. The van der Waals surface area contributed by atoms with Crippen molar-refractivity contribution in [3.8, 4) is 0 Å². The van der Waals surface area contributed by atoms with Gasteiger partial charge in [-0.25, -0.2) is 4.79 Å². The average Bonchev–Trinajstić information content (AvgIpc) is 1.33. The summed E-state index contributed by atoms with van der Waals surface area (Å²) in [5.74, 6) is -0.788. The van der Waals surface area contributed by atoms with Crippen LogP contribution in [-0.2, 0) is 0 Å². The molecule has 0 aliphatic carbocycles. The highest BCUT2D eigenvalue weighted by molar-refractivity contribution is 7.30. The fourth-order valence-electron chi connectivity index (χ4n) is 0.134. The first-order valence-corrected chi connectivity index (χ1v) is 2.31. The second-order valence-electron chi connectivity index (χ2n) is 0.670. The maximum Gasteiger partial charge on any atom is 0.531 e. The molecule has 5 heteroatoms. The third kappa shape index (κ3) is 0.398. The smallest absolute Gasteiger partial charge is 0.331 e. The quantitative estimate of drug-likeness (QED) is 0.507. The van der Waals surface area contributed by atoms with Gasteiger partial charge in [0.15, 0.2) is 0 Å². The Balaban J connectivity index is 3.06. The van der Waals surface area contributed by atoms with Crippen molar-refractivity contribution >= 4 is 8.24 Å². The summed E-state index contributed by atoms with van der Waals surface area (Å²) in [6.45, 7) is 0. The van der Waals surface area contributed by atoms with Crippen LogP contribution in [0.3, 0.4) is 0 Å². The van der Waals surface area contributed by atoms with Gasteiger partial charge in [0, 0.05) is 0 Å². The minimum absolute atomic E-state index is 0.788. The van der Waals surface area contributed by atoms with Gasteiger partial charge in [-0.05, 0) is 0 Å². The molecule has 1 aromatic heterocycles. The molecule has 0 aromatic carbocycles. The lowest BCUT2D eigenvalue weighted by Gasteiger charge is -1.83. The minimum atomic E-state index is -1.81. The molecule has 1 heterocycles. The highest BCUT2D eigenvalue weighted by atomic mass is 31.1. The standard InChI is InChI=1S/CHO4P/c2-1-4-6(3)5-1/h3H. The van der Waals surface area contributed by atoms with E-state index in [1.807, 2.05) is 0 Å². The lowest BCUT2D eigenvalue weighted by Crippen LogP contribution is -1.94. The van der Waals surface area contributed by atoms with Gasteiger partial charge in [-0.3, -0.25) is 4.89 Å². The van der Waals surface area contributed by atoms with Crippen LogP contribution in [0.1, 0.15) is 0 Å². The van der Waals surface area contributed by atoms with E-state index in [0.29, 0.717) is 0 Å². The summed E-state index contributed by atoms with van der Waals surface area (Å²) in [5, 5.41) is 0. The lowest BCUT2D eigenvalue weighted by atomic mass is 11.6. The Bertz CT molecular complexity index is 151. The van der Waals surface area contributed by atoms with Crippen LogP contribution in [0.5, 0.6) is 0 Å². The summed E-state index contributed by atoms with van der Waals surface area (Å²) in [6.07, 6.45) is 0. The van der Waals surface area contributed by atoms with Crippen LogP contribution in [-0.4, -0.2) is 4.89 Å². The van der Waals surface area contributed by atoms with Crippen LogP contribution >= 0.6 is 8.24 Å². The summed E-state index contributed by atoms with van der Waals surface area (Å²) < 4.78 is 7.80. The second kappa shape index (κ2) is 0.996. The Hall–Kier alpha value is -0.470. The van der Waals surface area contributed by atoms with E-state index in [1.165, 1.54) is 0 Å². The molecule has 0 amide bonds. The van der Waals surface area contributed by atoms with Crippen LogP contribution in [0, 0.1) is 0 Å². The molecule has 0 radical (unpaired) electrons. The molecular weight excluding hydrogens is 107 g/mol. The van der Waals surface area contributed by atoms with Gasteiger partial charge in [0.05, 0.1) is 0 Å². The number of hydrogen-bond donors (Lipinski definition) is 1. The molecule has 0 saturated heterocycles. The van der Waals surface area contributed by atoms with Gasteiger partial charge in [0.2, 0.25) is 0 Å². The molecule has 34 valence electrons. The van der Waals surface area contributed by atoms with Crippen molar-refractivity contribution < 1.29 is 13.3 Å². The molecule has 0 aliphatic heterocycles. The van der Waals surface area contributed by atoms with Crippen molar-refractivity contribution in [3.63, 3.8) is 0 Å². The van der Waals surface area contributed by atoms with Gasteiger partial charge < -0.3 is 8.39 Å². The summed E-state index contributed by atoms with van der Waals surface area (Å²) in [4.78, 5) is 17.5. The first-order chi connectivity index (χ1) is 2.79. The van der Waals surface area contributed by atoms with E-state index >= 15 is 0 Å². The van der Waals surface area contributed by atoms with E-state index in [9.17, 15) is 4.79 Å². The van der Waals surface area contributed by atoms with Crippen molar-refractivity contribution in [3.05, 3.63) is 10.6 Å². The SMILES string of the molecule is O=c1op(O)o1. The summed E-state index contributed by atoms with van der Waals surface area (Å²) >= 11 is 0. The van der Waals surface area contributed by atoms with Crippen LogP contribution in [0.2, 0.25) is 0 Å². The van der Waals surface area contributed by atoms with Crippen molar-refractivity contribution in [1.29, 1.82) is 0 Å². The highest BCUT2D eigenvalue weighted by Crippen LogP contribution is 2.16. The maximum absolute atomic E-state index is 9.52. The van der Waals surface area contributed by atoms with Crippen LogP contribution in [0.4, 0.5) is 0 Å². The second-order valence-corrected chi connectivity index (χ2v) is 1.51. The summed E-state index contributed by atoms with van der Waals surface area (Å²) in [7, 11) is -1.81. The van der Waals surface area contributed by atoms with E-state index in [-0.39, 0.29) is 0 Å². The van der Waals surface area contributed by atoms with Gasteiger partial charge in [0.1, 0.15) is 0 Å². The van der Waals surface area contributed by atoms with E-state index in [1.54, 1.807) is 0 Å². The van der Waals surface area contributed by atoms with Crippen LogP contribution < -0.4 is 5.82 Å². The molecule has 0 saturated carbocycles. The van der Waals surface area contributed by atoms with Gasteiger partial charge in [0.25, 0.3) is 0 Å². The van der Waals surface area contributed by atoms with E-state index < -0.39 is 14.1 Å². The fourth-order valence-corrected chi connectivity index (χ4v) is 0.403. The van der Waals surface area contributed by atoms with E-state index in [2.05, 4.69) is 8.39 Å². The summed E-state index contributed by atoms with van der Waals surface area (Å²) in [5.41, 5.74) is 0. The van der Waals surface area contributed by atoms with Crippen molar-refractivity contribution in [2.24, 2.45) is 0 Å². The molecule has 6 heavy (non-hydrogen) atoms. The lowest BCUT2D eigenvalue weighted by molar-refractivity contribution is 0.299. The zero-order valence-electron chi connectivity index (χ0n) is 2.62. The topological polar surface area (TPSA) is 63.6 Å². The normalized spacial score (nSPS) is 9.50. The first-order valence-electron chi connectivity index (χ1n) is 1.18. The summed E-state index contributed by atoms with van der Waals surface area (Å²) in [6, 6.07) is 0. The van der Waals surface area contributed by atoms with Gasteiger partial charge in [-0.1, -0.05) is 0 Å². The fraction of sp³-hybridized carbons (Fsp3) is 0. The molecule has 0 bridgehead atoms. The molecule has 0 atom stereocenters. The maximum atomic E-state index is 9.52. The molecule has 0 aliphatic rings. The first kappa shape index (κ1) is 3.71. The molecular formula is CHO4P. The largest absolute Gasteiger partial charge is 0.531 e. The van der Waals surface area contributed by atoms with Crippen molar-refractivity contribution in [1.82, 2.24) is 0 Å². The highest BCUT2D eigenvalue weighted by Gasteiger charge is 1.97. The molecule has 0 fully saturated rings. The zero-order valence-corrected chi connectivity index (χ0v) is 3.51. The Morgan fingerprint density at radius 1 is 1.67 bits per heavy atom. The molecule has 1 rings (SSSR count). The third-order valence-corrected chi connectivity index (χ3v) is 0.916. The van der Waals surface area contributed by atoms with Gasteiger partial charge in [-0.2, -0.15) is 0 Å². The third-order valence-electron chi connectivity index (χ3n) is 0.305. The number of hydrogen-bond acceptors (Lipinski definition) is 4. The zero-order chi connectivity index (χ0) is 4.57. The monoisotopic (exact) mass is 108 g/mol. The van der Waals surface area contributed by atoms with Crippen molar-refractivity contribution in [2.75, 3.05) is 0 Å². The molecule has 4 nitrogen and oxygen atoms in total. The minimum Gasteiger partial charge on any atom is -0.331 e. The van der Waals surface area contributed by atoms with E-state index in [0.717, 1.165) is 0 Å². The molecule has 0 spiro atoms. The average molecular weight is 108 g/mol. The van der Waals surface area contributed by atoms with Gasteiger partial charge >= 0.3 is 14.1 Å². The predicted octanol–water partition coefficient (Wildman–Crippen LogP) is -0.0252. The Morgan fingerprint density at radius 3 is 2.17 bits per heavy atom. The van der Waals surface area contributed by atoms with E-state index in [4.69, 9.17) is 4.89 Å².